The van der Waals surface area contributed by atoms with Crippen LogP contribution >= 0.6 is 22.6 Å². The molecule has 0 saturated carbocycles. The summed E-state index contributed by atoms with van der Waals surface area (Å²) in [6.07, 6.45) is 3.35. The van der Waals surface area contributed by atoms with Crippen LogP contribution in [0.3, 0.4) is 0 Å². The normalized spacial score (nSPS) is 13.8. The first-order valence-electron chi connectivity index (χ1n) is 3.41. The molecule has 0 N–H and O–H groups in total. The van der Waals surface area contributed by atoms with Crippen LogP contribution < -0.4 is 0 Å². The van der Waals surface area contributed by atoms with Gasteiger partial charge in [0.15, 0.2) is 0 Å². The van der Waals surface area contributed by atoms with Crippen molar-refractivity contribution in [2.45, 2.75) is 20.3 Å². The Morgan fingerprint density at radius 1 is 1.56 bits per heavy atom. The first-order valence-corrected chi connectivity index (χ1v) is 4.93. The third-order valence-electron chi connectivity index (χ3n) is 1.60. The first-order chi connectivity index (χ1) is 4.22. The standard InChI is InChI=1S/C8H15I/c1-4-8(5-6-9)7(2)3/h4,7-8H,1,5-6H2,2-3H3/t8-/m0/s1. The Morgan fingerprint density at radius 3 is 2.22 bits per heavy atom. The number of rotatable bonds is 4. The second-order valence-electron chi connectivity index (χ2n) is 2.62. The summed E-state index contributed by atoms with van der Waals surface area (Å²) in [5.74, 6) is 1.49. The van der Waals surface area contributed by atoms with Crippen LogP contribution in [0.25, 0.3) is 0 Å². The van der Waals surface area contributed by atoms with Gasteiger partial charge in [0.2, 0.25) is 0 Å². The molecule has 1 heteroatoms. The highest BCUT2D eigenvalue weighted by molar-refractivity contribution is 14.1. The van der Waals surface area contributed by atoms with Crippen molar-refractivity contribution in [3.05, 3.63) is 12.7 Å². The van der Waals surface area contributed by atoms with Crippen LogP contribution in [0.1, 0.15) is 20.3 Å². The monoisotopic (exact) mass is 238 g/mol. The summed E-state index contributed by atoms with van der Waals surface area (Å²) in [4.78, 5) is 0. The Hall–Kier alpha value is 0.470. The van der Waals surface area contributed by atoms with Crippen molar-refractivity contribution in [1.82, 2.24) is 0 Å². The van der Waals surface area contributed by atoms with E-state index in [0.29, 0.717) is 0 Å². The zero-order chi connectivity index (χ0) is 7.28. The number of halogens is 1. The Labute approximate surface area is 71.9 Å². The van der Waals surface area contributed by atoms with E-state index in [1.807, 2.05) is 0 Å². The smallest absolute Gasteiger partial charge is 0.0000971 e. The lowest BCUT2D eigenvalue weighted by molar-refractivity contribution is 0.459. The van der Waals surface area contributed by atoms with Crippen LogP contribution in [-0.4, -0.2) is 4.43 Å². The minimum Gasteiger partial charge on any atom is -0.103 e. The predicted molar refractivity (Wildman–Crippen MR) is 52.0 cm³/mol. The molecule has 9 heavy (non-hydrogen) atoms. The molecule has 0 aromatic carbocycles. The van der Waals surface area contributed by atoms with Crippen molar-refractivity contribution in [1.29, 1.82) is 0 Å². The zero-order valence-electron chi connectivity index (χ0n) is 6.23. The summed E-state index contributed by atoms with van der Waals surface area (Å²) in [6.45, 7) is 8.29. The fourth-order valence-corrected chi connectivity index (χ4v) is 1.57. The molecule has 0 aliphatic carbocycles. The minimum atomic E-state index is 0.724. The van der Waals surface area contributed by atoms with Gasteiger partial charge >= 0.3 is 0 Å². The lowest BCUT2D eigenvalue weighted by Crippen LogP contribution is -2.04. The number of hydrogen-bond donors (Lipinski definition) is 0. The molecule has 0 nitrogen and oxygen atoms in total. The molecule has 0 saturated heterocycles. The Bertz CT molecular complexity index is 76.6. The Morgan fingerprint density at radius 2 is 2.11 bits per heavy atom. The number of hydrogen-bond acceptors (Lipinski definition) is 0. The van der Waals surface area contributed by atoms with Crippen LogP contribution in [0, 0.1) is 11.8 Å². The van der Waals surface area contributed by atoms with Gasteiger partial charge < -0.3 is 0 Å². The molecule has 0 radical (unpaired) electrons. The molecule has 0 fully saturated rings. The van der Waals surface area contributed by atoms with Crippen LogP contribution in [0.4, 0.5) is 0 Å². The van der Waals surface area contributed by atoms with Gasteiger partial charge in [0, 0.05) is 4.43 Å². The predicted octanol–water partition coefficient (Wildman–Crippen LogP) is 3.27. The van der Waals surface area contributed by atoms with Gasteiger partial charge in [0.1, 0.15) is 0 Å². The summed E-state index contributed by atoms with van der Waals surface area (Å²) in [5.41, 5.74) is 0. The molecule has 0 amide bonds. The van der Waals surface area contributed by atoms with E-state index in [4.69, 9.17) is 0 Å². The van der Waals surface area contributed by atoms with Crippen LogP contribution in [0.5, 0.6) is 0 Å². The molecule has 0 rings (SSSR count). The molecule has 0 aliphatic rings. The van der Waals surface area contributed by atoms with Crippen LogP contribution in [-0.2, 0) is 0 Å². The summed E-state index contributed by atoms with van der Waals surface area (Å²) in [7, 11) is 0. The first kappa shape index (κ1) is 9.47. The van der Waals surface area contributed by atoms with Gasteiger partial charge in [0.25, 0.3) is 0 Å². The molecule has 0 aliphatic heterocycles. The van der Waals surface area contributed by atoms with Gasteiger partial charge in [-0.05, 0) is 18.3 Å². The second-order valence-corrected chi connectivity index (χ2v) is 3.70. The third kappa shape index (κ3) is 3.95. The van der Waals surface area contributed by atoms with Gasteiger partial charge in [-0.25, -0.2) is 0 Å². The van der Waals surface area contributed by atoms with Crippen molar-refractivity contribution in [3.63, 3.8) is 0 Å². The molecular formula is C8H15I. The van der Waals surface area contributed by atoms with E-state index in [1.54, 1.807) is 0 Å². The molecule has 54 valence electrons. The van der Waals surface area contributed by atoms with Gasteiger partial charge in [-0.3, -0.25) is 0 Å². The molecule has 0 aromatic heterocycles. The van der Waals surface area contributed by atoms with Crippen molar-refractivity contribution in [3.8, 4) is 0 Å². The van der Waals surface area contributed by atoms with Crippen LogP contribution in [0.15, 0.2) is 12.7 Å². The molecule has 0 bridgehead atoms. The van der Waals surface area contributed by atoms with Crippen molar-refractivity contribution in [2.24, 2.45) is 11.8 Å². The average Bonchev–Trinajstić information content (AvgIpc) is 1.82. The van der Waals surface area contributed by atoms with E-state index >= 15 is 0 Å². The maximum Gasteiger partial charge on any atom is 0.0000971 e. The second kappa shape index (κ2) is 5.27. The Kier molecular flexibility index (Phi) is 5.55. The fourth-order valence-electron chi connectivity index (χ4n) is 0.849. The summed E-state index contributed by atoms with van der Waals surface area (Å²) in [5, 5.41) is 0. The molecular weight excluding hydrogens is 223 g/mol. The number of alkyl halides is 1. The quantitative estimate of drug-likeness (QED) is 0.400. The fraction of sp³-hybridized carbons (Fsp3) is 0.750. The minimum absolute atomic E-state index is 0.724. The lowest BCUT2D eigenvalue weighted by atomic mass is 9.94. The number of allylic oxidation sites excluding steroid dienone is 1. The van der Waals surface area contributed by atoms with Crippen molar-refractivity contribution >= 4 is 22.6 Å². The van der Waals surface area contributed by atoms with E-state index < -0.39 is 0 Å². The van der Waals surface area contributed by atoms with Crippen molar-refractivity contribution < 1.29 is 0 Å². The third-order valence-corrected chi connectivity index (χ3v) is 2.22. The Balaban J connectivity index is 3.54. The lowest BCUT2D eigenvalue weighted by Gasteiger charge is -2.13. The SMILES string of the molecule is C=C[C@@H](CCI)C(C)C. The van der Waals surface area contributed by atoms with Gasteiger partial charge in [0.05, 0.1) is 0 Å². The van der Waals surface area contributed by atoms with E-state index in [9.17, 15) is 0 Å². The maximum absolute atomic E-state index is 3.80. The summed E-state index contributed by atoms with van der Waals surface area (Å²) < 4.78 is 1.24. The average molecular weight is 238 g/mol. The maximum atomic E-state index is 3.80. The van der Waals surface area contributed by atoms with Gasteiger partial charge in [-0.2, -0.15) is 0 Å². The summed E-state index contributed by atoms with van der Waals surface area (Å²) >= 11 is 2.41. The van der Waals surface area contributed by atoms with E-state index in [0.717, 1.165) is 11.8 Å². The van der Waals surface area contributed by atoms with Crippen molar-refractivity contribution in [2.75, 3.05) is 4.43 Å². The summed E-state index contributed by atoms with van der Waals surface area (Å²) in [6, 6.07) is 0. The highest BCUT2D eigenvalue weighted by atomic mass is 127. The van der Waals surface area contributed by atoms with Crippen LogP contribution in [0.2, 0.25) is 0 Å². The van der Waals surface area contributed by atoms with E-state index in [-0.39, 0.29) is 0 Å². The highest BCUT2D eigenvalue weighted by Gasteiger charge is 2.06. The molecule has 1 atom stereocenters. The largest absolute Gasteiger partial charge is 0.103 e. The topological polar surface area (TPSA) is 0 Å². The molecule has 0 spiro atoms. The highest BCUT2D eigenvalue weighted by Crippen LogP contribution is 2.16. The molecule has 0 heterocycles. The zero-order valence-corrected chi connectivity index (χ0v) is 8.39. The van der Waals surface area contributed by atoms with Gasteiger partial charge in [-0.15, -0.1) is 6.58 Å². The van der Waals surface area contributed by atoms with E-state index in [1.165, 1.54) is 10.8 Å². The van der Waals surface area contributed by atoms with Gasteiger partial charge in [-0.1, -0.05) is 42.5 Å². The van der Waals surface area contributed by atoms with E-state index in [2.05, 4.69) is 49.1 Å². The molecule has 0 aromatic rings. The molecule has 0 unspecified atom stereocenters.